The fourth-order valence-corrected chi connectivity index (χ4v) is 7.05. The van der Waals surface area contributed by atoms with Crippen molar-refractivity contribution in [2.75, 3.05) is 0 Å². The summed E-state index contributed by atoms with van der Waals surface area (Å²) in [6.45, 7) is 23.2. The van der Waals surface area contributed by atoms with Crippen LogP contribution < -0.4 is 0 Å². The van der Waals surface area contributed by atoms with Crippen molar-refractivity contribution in [2.45, 2.75) is 6.18 Å². The number of hydrogen-bond acceptors (Lipinski definition) is 2. The number of hydrogen-bond donors (Lipinski definition) is 0. The zero-order valence-electron chi connectivity index (χ0n) is 26.7. The van der Waals surface area contributed by atoms with E-state index < -0.39 is 11.7 Å². The zero-order chi connectivity index (χ0) is 36.3. The van der Waals surface area contributed by atoms with Crippen LogP contribution >= 0.6 is 0 Å². The maximum absolute atomic E-state index is 15.0. The average molecular weight is 678 g/mol. The van der Waals surface area contributed by atoms with Gasteiger partial charge in [-0.25, -0.2) is 14.5 Å². The van der Waals surface area contributed by atoms with Gasteiger partial charge in [0.05, 0.1) is 65.4 Å². The van der Waals surface area contributed by atoms with Crippen LogP contribution in [0, 0.1) is 42.4 Å². The molecule has 0 unspecified atom stereocenters. The topological polar surface area (TPSA) is 70.5 Å². The van der Waals surface area contributed by atoms with Crippen LogP contribution in [0.2, 0.25) is 0 Å². The minimum atomic E-state index is -4.79. The van der Waals surface area contributed by atoms with Gasteiger partial charge in [-0.05, 0) is 54.1 Å². The average Bonchev–Trinajstić information content (AvgIpc) is 3.67. The summed E-state index contributed by atoms with van der Waals surface area (Å²) in [7, 11) is 0. The van der Waals surface area contributed by atoms with Gasteiger partial charge in [0, 0.05) is 43.7 Å². The van der Waals surface area contributed by atoms with Crippen LogP contribution in [0.3, 0.4) is 0 Å². The standard InChI is InChI=1S/C42H18F3N7/c1-48-26-9-13-30-29-12-8-24(22-46)16-35(29)51(36(30)19-26)39-17-25(23-47)18-40(41(39)33-6-4-5-7-34(33)42(43,44)45)52-37-20-27(49-2)10-14-31(37)32-15-11-28(50-3)21-38(32)52/h4-21H. The van der Waals surface area contributed by atoms with Crippen molar-refractivity contribution in [2.24, 2.45) is 0 Å². The Morgan fingerprint density at radius 1 is 0.519 bits per heavy atom. The monoisotopic (exact) mass is 677 g/mol. The molecular formula is C42H18F3N7. The third-order valence-corrected chi connectivity index (χ3v) is 9.21. The lowest BCUT2D eigenvalue weighted by Gasteiger charge is -2.23. The largest absolute Gasteiger partial charge is 0.417 e. The maximum Gasteiger partial charge on any atom is 0.417 e. The van der Waals surface area contributed by atoms with Crippen molar-refractivity contribution < 1.29 is 13.2 Å². The lowest BCUT2D eigenvalue weighted by atomic mass is 9.94. The molecule has 0 aliphatic rings. The minimum absolute atomic E-state index is 0.0986. The molecule has 0 atom stereocenters. The van der Waals surface area contributed by atoms with E-state index in [-0.39, 0.29) is 45.1 Å². The van der Waals surface area contributed by atoms with E-state index in [0.717, 1.165) is 6.07 Å². The van der Waals surface area contributed by atoms with Gasteiger partial charge < -0.3 is 9.13 Å². The molecule has 0 N–H and O–H groups in total. The van der Waals surface area contributed by atoms with Gasteiger partial charge in [-0.3, -0.25) is 0 Å². The quantitative estimate of drug-likeness (QED) is 0.175. The molecule has 0 bridgehead atoms. The fourth-order valence-electron chi connectivity index (χ4n) is 7.05. The summed E-state index contributed by atoms with van der Waals surface area (Å²) in [6, 6.07) is 32.7. The molecule has 10 heteroatoms. The van der Waals surface area contributed by atoms with Crippen LogP contribution in [-0.2, 0) is 6.18 Å². The van der Waals surface area contributed by atoms with Gasteiger partial charge in [0.2, 0.25) is 0 Å². The number of fused-ring (bicyclic) bond motifs is 6. The van der Waals surface area contributed by atoms with Gasteiger partial charge in [0.25, 0.3) is 0 Å². The number of aromatic nitrogens is 2. The molecular weight excluding hydrogens is 660 g/mol. The SMILES string of the molecule is [C-]#[N+]c1ccc2c3ccc(C#N)cc3n(-c3cc(C#N)cc(-n4c5cc([N+]#[C-])ccc5c5ccc([N+]#[C-])cc54)c3-c3ccccc3C(F)(F)F)c2c1. The molecule has 52 heavy (non-hydrogen) atoms. The molecule has 0 saturated carbocycles. The Morgan fingerprint density at radius 3 is 1.37 bits per heavy atom. The third-order valence-electron chi connectivity index (χ3n) is 9.21. The molecule has 0 spiro atoms. The summed E-state index contributed by atoms with van der Waals surface area (Å²) in [4.78, 5) is 10.8. The van der Waals surface area contributed by atoms with E-state index in [4.69, 9.17) is 19.7 Å². The molecule has 8 rings (SSSR count). The second kappa shape index (κ2) is 11.6. The van der Waals surface area contributed by atoms with Gasteiger partial charge in [-0.15, -0.1) is 0 Å². The van der Waals surface area contributed by atoms with E-state index in [1.54, 1.807) is 81.9 Å². The molecule has 6 aromatic carbocycles. The third kappa shape index (κ3) is 4.71. The Hall–Kier alpha value is -7.84. The highest BCUT2D eigenvalue weighted by Gasteiger charge is 2.35. The maximum atomic E-state index is 15.0. The summed E-state index contributed by atoms with van der Waals surface area (Å²) in [5.74, 6) is 0. The lowest BCUT2D eigenvalue weighted by molar-refractivity contribution is -0.137. The first-order chi connectivity index (χ1) is 25.2. The van der Waals surface area contributed by atoms with Crippen molar-refractivity contribution in [3.8, 4) is 34.6 Å². The Labute approximate surface area is 293 Å². The molecule has 0 fully saturated rings. The van der Waals surface area contributed by atoms with Crippen molar-refractivity contribution in [1.29, 1.82) is 10.5 Å². The predicted molar refractivity (Wildman–Crippen MR) is 194 cm³/mol. The summed E-state index contributed by atoms with van der Waals surface area (Å²) < 4.78 is 48.5. The molecule has 0 saturated heterocycles. The Morgan fingerprint density at radius 2 is 0.942 bits per heavy atom. The van der Waals surface area contributed by atoms with Gasteiger partial charge in [-0.2, -0.15) is 23.7 Å². The number of alkyl halides is 3. The highest BCUT2D eigenvalue weighted by atomic mass is 19.4. The predicted octanol–water partition coefficient (Wildman–Crippen LogP) is 12.0. The number of rotatable bonds is 3. The smallest absolute Gasteiger partial charge is 0.311 e. The van der Waals surface area contributed by atoms with Crippen LogP contribution in [0.1, 0.15) is 16.7 Å². The van der Waals surface area contributed by atoms with Gasteiger partial charge in [-0.1, -0.05) is 60.7 Å². The minimum Gasteiger partial charge on any atom is -0.311 e. The molecule has 0 aliphatic carbocycles. The molecule has 0 radical (unpaired) electrons. The fraction of sp³-hybridized carbons (Fsp3) is 0.0238. The van der Waals surface area contributed by atoms with Crippen molar-refractivity contribution in [3.63, 3.8) is 0 Å². The second-order valence-corrected chi connectivity index (χ2v) is 12.0. The van der Waals surface area contributed by atoms with E-state index in [0.29, 0.717) is 49.2 Å². The number of nitriles is 2. The van der Waals surface area contributed by atoms with Crippen molar-refractivity contribution >= 4 is 60.7 Å². The number of benzene rings is 6. The molecule has 2 aromatic heterocycles. The van der Waals surface area contributed by atoms with E-state index in [2.05, 4.69) is 26.7 Å². The van der Waals surface area contributed by atoms with Crippen LogP contribution in [0.4, 0.5) is 30.2 Å². The van der Waals surface area contributed by atoms with E-state index in [9.17, 15) is 10.5 Å². The van der Waals surface area contributed by atoms with E-state index in [1.807, 2.05) is 0 Å². The highest BCUT2D eigenvalue weighted by molar-refractivity contribution is 6.13. The van der Waals surface area contributed by atoms with Gasteiger partial charge in [0.15, 0.2) is 17.1 Å². The van der Waals surface area contributed by atoms with E-state index in [1.165, 1.54) is 30.3 Å². The Kier molecular flexibility index (Phi) is 7.04. The summed E-state index contributed by atoms with van der Waals surface area (Å²) in [5.41, 5.74) is 2.60. The zero-order valence-corrected chi connectivity index (χ0v) is 26.7. The first-order valence-electron chi connectivity index (χ1n) is 15.6. The lowest BCUT2D eigenvalue weighted by Crippen LogP contribution is -2.10. The van der Waals surface area contributed by atoms with Gasteiger partial charge in [0.1, 0.15) is 0 Å². The molecule has 2 heterocycles. The second-order valence-electron chi connectivity index (χ2n) is 12.0. The van der Waals surface area contributed by atoms with Crippen molar-refractivity contribution in [1.82, 2.24) is 9.13 Å². The number of nitrogens with zero attached hydrogens (tertiary/aromatic N) is 7. The normalized spacial score (nSPS) is 11.3. The summed E-state index contributed by atoms with van der Waals surface area (Å²) in [6.07, 6.45) is -4.79. The molecule has 8 aromatic rings. The van der Waals surface area contributed by atoms with E-state index >= 15 is 13.2 Å². The Balaban J connectivity index is 1.67. The van der Waals surface area contributed by atoms with Crippen LogP contribution in [0.15, 0.2) is 109 Å². The van der Waals surface area contributed by atoms with Crippen molar-refractivity contribution in [3.05, 3.63) is 160 Å². The highest BCUT2D eigenvalue weighted by Crippen LogP contribution is 2.47. The molecule has 242 valence electrons. The molecule has 0 aliphatic heterocycles. The number of halogens is 3. The van der Waals surface area contributed by atoms with Crippen LogP contribution in [-0.4, -0.2) is 9.13 Å². The molecule has 7 nitrogen and oxygen atoms in total. The molecule has 0 amide bonds. The first-order valence-corrected chi connectivity index (χ1v) is 15.6. The first kappa shape index (κ1) is 31.4. The van der Waals surface area contributed by atoms with Crippen LogP contribution in [0.5, 0.6) is 0 Å². The summed E-state index contributed by atoms with van der Waals surface area (Å²) in [5, 5.41) is 23.1. The van der Waals surface area contributed by atoms with Crippen LogP contribution in [0.25, 0.3) is 80.6 Å². The summed E-state index contributed by atoms with van der Waals surface area (Å²) >= 11 is 0. The Bertz CT molecular complexity index is 2760. The van der Waals surface area contributed by atoms with Gasteiger partial charge >= 0.3 is 6.18 Å².